The third kappa shape index (κ3) is 5.05. The monoisotopic (exact) mass is 295 g/mol. The first-order valence-electron chi connectivity index (χ1n) is 7.36. The fraction of sp³-hybridized carbons (Fsp3) is 0.625. The van der Waals surface area contributed by atoms with Crippen LogP contribution in [0.1, 0.15) is 43.7 Å². The van der Waals surface area contributed by atoms with Crippen LogP contribution in [-0.4, -0.2) is 24.3 Å². The standard InChI is InChI=1S/C16H25NS2/c1-18-12-7-3-2-6-11-17-15-10-13-19-16-9-5-4-8-14(15)16/h4-5,8-9,15,17H,2-3,6-7,10-13H2,1H3. The fourth-order valence-electron chi connectivity index (χ4n) is 2.56. The average Bonchev–Trinajstić information content (AvgIpc) is 2.46. The summed E-state index contributed by atoms with van der Waals surface area (Å²) in [4.78, 5) is 1.48. The zero-order valence-electron chi connectivity index (χ0n) is 11.9. The molecule has 3 heteroatoms. The zero-order chi connectivity index (χ0) is 13.3. The number of thioether (sulfide) groups is 2. The highest BCUT2D eigenvalue weighted by Gasteiger charge is 2.18. The van der Waals surface area contributed by atoms with E-state index in [1.54, 1.807) is 0 Å². The fourth-order valence-corrected chi connectivity index (χ4v) is 4.17. The molecule has 0 aliphatic carbocycles. The summed E-state index contributed by atoms with van der Waals surface area (Å²) < 4.78 is 0. The second kappa shape index (κ2) is 8.93. The molecule has 0 bridgehead atoms. The van der Waals surface area contributed by atoms with Gasteiger partial charge in [-0.1, -0.05) is 31.0 Å². The highest BCUT2D eigenvalue weighted by molar-refractivity contribution is 7.99. The van der Waals surface area contributed by atoms with Gasteiger partial charge < -0.3 is 5.32 Å². The van der Waals surface area contributed by atoms with E-state index in [0.717, 1.165) is 0 Å². The SMILES string of the molecule is CSCCCCCCNC1CCSc2ccccc21. The number of hydrogen-bond donors (Lipinski definition) is 1. The van der Waals surface area contributed by atoms with Crippen LogP contribution in [-0.2, 0) is 0 Å². The van der Waals surface area contributed by atoms with Gasteiger partial charge in [-0.3, -0.25) is 0 Å². The van der Waals surface area contributed by atoms with Crippen molar-refractivity contribution >= 4 is 23.5 Å². The van der Waals surface area contributed by atoms with Gasteiger partial charge in [0.15, 0.2) is 0 Å². The number of rotatable bonds is 8. The predicted octanol–water partition coefficient (Wildman–Crippen LogP) is 4.74. The van der Waals surface area contributed by atoms with E-state index in [0.29, 0.717) is 6.04 Å². The van der Waals surface area contributed by atoms with Crippen molar-refractivity contribution in [3.63, 3.8) is 0 Å². The first kappa shape index (κ1) is 15.3. The molecule has 0 radical (unpaired) electrons. The lowest BCUT2D eigenvalue weighted by Gasteiger charge is -2.26. The quantitative estimate of drug-likeness (QED) is 0.696. The van der Waals surface area contributed by atoms with Gasteiger partial charge in [0.2, 0.25) is 0 Å². The molecule has 2 rings (SSSR count). The van der Waals surface area contributed by atoms with Crippen molar-refractivity contribution < 1.29 is 0 Å². The minimum atomic E-state index is 0.587. The Balaban J connectivity index is 1.67. The van der Waals surface area contributed by atoms with E-state index >= 15 is 0 Å². The Bertz CT molecular complexity index is 368. The molecule has 106 valence electrons. The van der Waals surface area contributed by atoms with E-state index in [1.807, 2.05) is 23.5 Å². The van der Waals surface area contributed by atoms with Gasteiger partial charge in [-0.25, -0.2) is 0 Å². The first-order valence-corrected chi connectivity index (χ1v) is 9.74. The van der Waals surface area contributed by atoms with Crippen molar-refractivity contribution in [2.75, 3.05) is 24.3 Å². The number of benzene rings is 1. The Morgan fingerprint density at radius 1 is 1.21 bits per heavy atom. The molecular formula is C16H25NS2. The Labute approximate surface area is 126 Å². The number of fused-ring (bicyclic) bond motifs is 1. The van der Waals surface area contributed by atoms with Gasteiger partial charge in [0.25, 0.3) is 0 Å². The maximum atomic E-state index is 3.75. The molecule has 0 amide bonds. The highest BCUT2D eigenvalue weighted by atomic mass is 32.2. The number of nitrogens with one attached hydrogen (secondary N) is 1. The Kier molecular flexibility index (Phi) is 7.18. The Hall–Kier alpha value is -0.120. The van der Waals surface area contributed by atoms with Crippen LogP contribution in [0, 0.1) is 0 Å². The highest BCUT2D eigenvalue weighted by Crippen LogP contribution is 2.35. The Morgan fingerprint density at radius 3 is 2.95 bits per heavy atom. The third-order valence-electron chi connectivity index (χ3n) is 3.62. The van der Waals surface area contributed by atoms with Gasteiger partial charge in [0, 0.05) is 10.9 Å². The molecule has 0 spiro atoms. The van der Waals surface area contributed by atoms with Crippen molar-refractivity contribution in [3.05, 3.63) is 29.8 Å². The molecule has 1 aromatic carbocycles. The summed E-state index contributed by atoms with van der Waals surface area (Å²) in [5.41, 5.74) is 1.51. The van der Waals surface area contributed by atoms with Gasteiger partial charge in [-0.2, -0.15) is 11.8 Å². The van der Waals surface area contributed by atoms with E-state index in [-0.39, 0.29) is 0 Å². The van der Waals surface area contributed by atoms with Crippen molar-refractivity contribution in [3.8, 4) is 0 Å². The maximum absolute atomic E-state index is 3.75. The minimum Gasteiger partial charge on any atom is -0.310 e. The van der Waals surface area contributed by atoms with Gasteiger partial charge in [-0.05, 0) is 55.2 Å². The van der Waals surface area contributed by atoms with Crippen molar-refractivity contribution in [1.82, 2.24) is 5.32 Å². The van der Waals surface area contributed by atoms with E-state index < -0.39 is 0 Å². The summed E-state index contributed by atoms with van der Waals surface area (Å²) in [6.45, 7) is 1.17. The summed E-state index contributed by atoms with van der Waals surface area (Å²) >= 11 is 3.97. The zero-order valence-corrected chi connectivity index (χ0v) is 13.5. The molecule has 1 N–H and O–H groups in total. The van der Waals surface area contributed by atoms with Crippen LogP contribution in [0.25, 0.3) is 0 Å². The van der Waals surface area contributed by atoms with Crippen LogP contribution >= 0.6 is 23.5 Å². The lowest BCUT2D eigenvalue weighted by atomic mass is 10.0. The van der Waals surface area contributed by atoms with Crippen LogP contribution in [0.5, 0.6) is 0 Å². The minimum absolute atomic E-state index is 0.587. The Morgan fingerprint density at radius 2 is 2.05 bits per heavy atom. The van der Waals surface area contributed by atoms with Crippen LogP contribution in [0.15, 0.2) is 29.2 Å². The lowest BCUT2D eigenvalue weighted by Crippen LogP contribution is -2.25. The molecule has 0 fully saturated rings. The van der Waals surface area contributed by atoms with Gasteiger partial charge in [-0.15, -0.1) is 11.8 Å². The van der Waals surface area contributed by atoms with Crippen molar-refractivity contribution in [1.29, 1.82) is 0 Å². The molecule has 1 aromatic rings. The summed E-state index contributed by atoms with van der Waals surface area (Å²) in [6, 6.07) is 9.46. The molecule has 1 nitrogen and oxygen atoms in total. The molecule has 19 heavy (non-hydrogen) atoms. The molecule has 1 aliphatic rings. The summed E-state index contributed by atoms with van der Waals surface area (Å²) in [7, 11) is 0. The summed E-state index contributed by atoms with van der Waals surface area (Å²) in [5, 5.41) is 3.75. The second-order valence-electron chi connectivity index (χ2n) is 5.09. The smallest absolute Gasteiger partial charge is 0.0339 e. The van der Waals surface area contributed by atoms with Crippen molar-refractivity contribution in [2.45, 2.75) is 43.0 Å². The predicted molar refractivity (Wildman–Crippen MR) is 89.4 cm³/mol. The van der Waals surface area contributed by atoms with Crippen molar-refractivity contribution in [2.24, 2.45) is 0 Å². The number of unbranched alkanes of at least 4 members (excludes halogenated alkanes) is 3. The van der Waals surface area contributed by atoms with Crippen LogP contribution < -0.4 is 5.32 Å². The van der Waals surface area contributed by atoms with E-state index in [1.165, 1.54) is 60.6 Å². The van der Waals surface area contributed by atoms with Crippen LogP contribution in [0.2, 0.25) is 0 Å². The lowest BCUT2D eigenvalue weighted by molar-refractivity contribution is 0.491. The topological polar surface area (TPSA) is 12.0 Å². The summed E-state index contributed by atoms with van der Waals surface area (Å²) in [6.07, 6.45) is 8.93. The number of hydrogen-bond acceptors (Lipinski definition) is 3. The molecule has 1 atom stereocenters. The van der Waals surface area contributed by atoms with Gasteiger partial charge >= 0.3 is 0 Å². The van der Waals surface area contributed by atoms with E-state index in [4.69, 9.17) is 0 Å². The van der Waals surface area contributed by atoms with Gasteiger partial charge in [0.05, 0.1) is 0 Å². The molecule has 1 unspecified atom stereocenters. The molecule has 1 heterocycles. The summed E-state index contributed by atoms with van der Waals surface area (Å²) in [5.74, 6) is 2.57. The molecule has 0 saturated carbocycles. The molecule has 0 aromatic heterocycles. The second-order valence-corrected chi connectivity index (χ2v) is 7.21. The average molecular weight is 296 g/mol. The third-order valence-corrected chi connectivity index (χ3v) is 5.44. The molecule has 0 saturated heterocycles. The van der Waals surface area contributed by atoms with Crippen LogP contribution in [0.4, 0.5) is 0 Å². The molecule has 1 aliphatic heterocycles. The van der Waals surface area contributed by atoms with Crippen LogP contribution in [0.3, 0.4) is 0 Å². The largest absolute Gasteiger partial charge is 0.310 e. The molecular weight excluding hydrogens is 270 g/mol. The van der Waals surface area contributed by atoms with Gasteiger partial charge in [0.1, 0.15) is 0 Å². The van der Waals surface area contributed by atoms with E-state index in [2.05, 4.69) is 35.8 Å². The first-order chi connectivity index (χ1) is 9.42. The maximum Gasteiger partial charge on any atom is 0.0339 e. The normalized spacial score (nSPS) is 18.3. The van der Waals surface area contributed by atoms with E-state index in [9.17, 15) is 0 Å².